The Hall–Kier alpha value is -1.22. The molecule has 13 heavy (non-hydrogen) atoms. The highest BCUT2D eigenvalue weighted by Gasteiger charge is 2.07. The predicted octanol–water partition coefficient (Wildman–Crippen LogP) is 1.82. The average Bonchev–Trinajstić information content (AvgIpc) is 2.17. The largest absolute Gasteiger partial charge is 0.496 e. The van der Waals surface area contributed by atoms with Crippen molar-refractivity contribution in [2.24, 2.45) is 0 Å². The van der Waals surface area contributed by atoms with Crippen LogP contribution in [-0.2, 0) is 11.7 Å². The number of ether oxygens (including phenoxy) is 2. The minimum atomic E-state index is -0.310. The van der Waals surface area contributed by atoms with Gasteiger partial charge in [0, 0.05) is 11.6 Å². The van der Waals surface area contributed by atoms with Crippen LogP contribution in [0, 0.1) is 6.92 Å². The van der Waals surface area contributed by atoms with E-state index in [4.69, 9.17) is 9.47 Å². The van der Waals surface area contributed by atoms with Gasteiger partial charge in [-0.25, -0.2) is 5.11 Å². The third-order valence-corrected chi connectivity index (χ3v) is 1.84. The molecule has 2 radical (unpaired) electrons. The lowest BCUT2D eigenvalue weighted by Gasteiger charge is -2.10. The van der Waals surface area contributed by atoms with Crippen molar-refractivity contribution in [1.82, 2.24) is 0 Å². The number of hydrogen-bond acceptors (Lipinski definition) is 2. The first-order valence-electron chi connectivity index (χ1n) is 3.88. The Morgan fingerprint density at radius 2 is 1.85 bits per heavy atom. The summed E-state index contributed by atoms with van der Waals surface area (Å²) < 4.78 is 10.1. The molecule has 0 N–H and O–H groups in total. The van der Waals surface area contributed by atoms with E-state index in [0.29, 0.717) is 22.6 Å². The zero-order valence-electron chi connectivity index (χ0n) is 7.79. The summed E-state index contributed by atoms with van der Waals surface area (Å²) in [4.78, 5) is 0. The molecular weight excluding hydrogens is 168 g/mol. The maximum atomic E-state index is 10.7. The summed E-state index contributed by atoms with van der Waals surface area (Å²) in [5.41, 5.74) is 1.31. The van der Waals surface area contributed by atoms with Crippen molar-refractivity contribution in [2.75, 3.05) is 14.2 Å². The lowest BCUT2D eigenvalue weighted by Crippen LogP contribution is -1.95. The van der Waals surface area contributed by atoms with Crippen LogP contribution < -0.4 is 9.47 Å². The molecule has 0 saturated carbocycles. The third kappa shape index (κ3) is 1.92. The van der Waals surface area contributed by atoms with Crippen LogP contribution in [0.1, 0.15) is 11.1 Å². The highest BCUT2D eigenvalue weighted by molar-refractivity contribution is 5.47. The van der Waals surface area contributed by atoms with Crippen LogP contribution in [0.5, 0.6) is 11.5 Å². The Morgan fingerprint density at radius 3 is 2.31 bits per heavy atom. The zero-order valence-corrected chi connectivity index (χ0v) is 7.79. The minimum absolute atomic E-state index is 0.310. The quantitative estimate of drug-likeness (QED) is 0.711. The second-order valence-corrected chi connectivity index (χ2v) is 2.62. The van der Waals surface area contributed by atoms with Crippen molar-refractivity contribution >= 4 is 0 Å². The topological polar surface area (TPSA) is 38.4 Å². The van der Waals surface area contributed by atoms with Gasteiger partial charge in [-0.2, -0.15) is 0 Å². The number of benzene rings is 1. The van der Waals surface area contributed by atoms with Gasteiger partial charge in [0.1, 0.15) is 18.1 Å². The summed E-state index contributed by atoms with van der Waals surface area (Å²) in [5.74, 6) is 1.19. The monoisotopic (exact) mass is 180 g/mol. The van der Waals surface area contributed by atoms with Gasteiger partial charge in [-0.3, -0.25) is 0 Å². The van der Waals surface area contributed by atoms with Crippen LogP contribution in [0.3, 0.4) is 0 Å². The molecule has 0 bridgehead atoms. The highest BCUT2D eigenvalue weighted by atomic mass is 16.5. The van der Waals surface area contributed by atoms with E-state index in [-0.39, 0.29) is 6.61 Å². The highest BCUT2D eigenvalue weighted by Crippen LogP contribution is 2.28. The summed E-state index contributed by atoms with van der Waals surface area (Å²) in [7, 11) is 3.08. The zero-order chi connectivity index (χ0) is 9.84. The molecule has 0 atom stereocenters. The molecule has 0 spiro atoms. The normalized spacial score (nSPS) is 9.85. The summed E-state index contributed by atoms with van der Waals surface area (Å²) in [5, 5.41) is 10.7. The fraction of sp³-hybridized carbons (Fsp3) is 0.300. The lowest BCUT2D eigenvalue weighted by molar-refractivity contribution is 0.174. The molecule has 0 saturated heterocycles. The van der Waals surface area contributed by atoms with Crippen LogP contribution in [-0.4, -0.2) is 14.2 Å². The first kappa shape index (κ1) is 9.86. The first-order chi connectivity index (χ1) is 6.22. The summed E-state index contributed by atoms with van der Waals surface area (Å²) >= 11 is 0. The molecule has 1 aromatic rings. The average molecular weight is 180 g/mol. The predicted molar refractivity (Wildman–Crippen MR) is 48.4 cm³/mol. The number of hydrogen-bond donors (Lipinski definition) is 0. The van der Waals surface area contributed by atoms with Gasteiger partial charge in [0.2, 0.25) is 0 Å². The second-order valence-electron chi connectivity index (χ2n) is 2.62. The minimum Gasteiger partial charge on any atom is -0.496 e. The van der Waals surface area contributed by atoms with Crippen molar-refractivity contribution in [3.8, 4) is 11.5 Å². The molecule has 0 aliphatic carbocycles. The van der Waals surface area contributed by atoms with E-state index in [0.717, 1.165) is 0 Å². The molecule has 0 amide bonds. The number of methoxy groups -OCH3 is 2. The van der Waals surface area contributed by atoms with E-state index in [9.17, 15) is 5.11 Å². The Morgan fingerprint density at radius 1 is 1.23 bits per heavy atom. The van der Waals surface area contributed by atoms with Crippen molar-refractivity contribution in [2.45, 2.75) is 6.61 Å². The lowest BCUT2D eigenvalue weighted by atomic mass is 10.1. The van der Waals surface area contributed by atoms with E-state index < -0.39 is 0 Å². The molecular formula is C10H12O3. The van der Waals surface area contributed by atoms with Crippen LogP contribution in [0.2, 0.25) is 0 Å². The van der Waals surface area contributed by atoms with Gasteiger partial charge in [-0.05, 0) is 18.6 Å². The standard InChI is InChI=1S/C10H12O3/c1-7-4-8(6-11)10(13-3)5-9(7)12-2/h4-5H,1,6H2,2-3H3. The Labute approximate surface area is 77.9 Å². The fourth-order valence-electron chi connectivity index (χ4n) is 1.15. The smallest absolute Gasteiger partial charge is 0.128 e. The van der Waals surface area contributed by atoms with Crippen LogP contribution in [0.4, 0.5) is 0 Å². The first-order valence-corrected chi connectivity index (χ1v) is 3.88. The molecule has 0 unspecified atom stereocenters. The van der Waals surface area contributed by atoms with Gasteiger partial charge in [-0.15, -0.1) is 0 Å². The van der Waals surface area contributed by atoms with Gasteiger partial charge in [0.05, 0.1) is 14.2 Å². The maximum absolute atomic E-state index is 10.7. The number of rotatable bonds is 3. The van der Waals surface area contributed by atoms with Gasteiger partial charge in [0.25, 0.3) is 0 Å². The molecule has 70 valence electrons. The van der Waals surface area contributed by atoms with Gasteiger partial charge >= 0.3 is 0 Å². The molecule has 0 fully saturated rings. The molecule has 0 heterocycles. The molecule has 1 rings (SSSR count). The van der Waals surface area contributed by atoms with Crippen molar-refractivity contribution < 1.29 is 14.6 Å². The SMILES string of the molecule is [CH2]c1cc(C[O])c(OC)cc1OC. The van der Waals surface area contributed by atoms with Crippen molar-refractivity contribution in [1.29, 1.82) is 0 Å². The van der Waals surface area contributed by atoms with Crippen molar-refractivity contribution in [3.05, 3.63) is 30.2 Å². The van der Waals surface area contributed by atoms with Gasteiger partial charge in [-0.1, -0.05) is 0 Å². The van der Waals surface area contributed by atoms with E-state index in [1.165, 1.54) is 7.11 Å². The molecule has 0 aliphatic heterocycles. The molecule has 0 aromatic heterocycles. The summed E-state index contributed by atoms with van der Waals surface area (Å²) in [6.45, 7) is 3.45. The van der Waals surface area contributed by atoms with Gasteiger partial charge < -0.3 is 9.47 Å². The molecule has 1 aromatic carbocycles. The van der Waals surface area contributed by atoms with Gasteiger partial charge in [0.15, 0.2) is 0 Å². The molecule has 3 heteroatoms. The molecule has 3 nitrogen and oxygen atoms in total. The maximum Gasteiger partial charge on any atom is 0.128 e. The summed E-state index contributed by atoms with van der Waals surface area (Å²) in [6, 6.07) is 3.36. The van der Waals surface area contributed by atoms with E-state index in [1.54, 1.807) is 19.2 Å². The Kier molecular flexibility index (Phi) is 3.14. The van der Waals surface area contributed by atoms with Crippen molar-refractivity contribution in [3.63, 3.8) is 0 Å². The van der Waals surface area contributed by atoms with E-state index in [1.807, 2.05) is 0 Å². The molecule has 0 aliphatic rings. The Balaban J connectivity index is 3.18. The summed E-state index contributed by atoms with van der Waals surface area (Å²) in [6.07, 6.45) is 0. The third-order valence-electron chi connectivity index (χ3n) is 1.84. The van der Waals surface area contributed by atoms with Crippen LogP contribution in [0.25, 0.3) is 0 Å². The van der Waals surface area contributed by atoms with Crippen LogP contribution in [0.15, 0.2) is 12.1 Å². The second kappa shape index (κ2) is 4.14. The van der Waals surface area contributed by atoms with E-state index >= 15 is 0 Å². The Bertz CT molecular complexity index is 294. The fourth-order valence-corrected chi connectivity index (χ4v) is 1.15. The van der Waals surface area contributed by atoms with Crippen LogP contribution >= 0.6 is 0 Å². The van der Waals surface area contributed by atoms with E-state index in [2.05, 4.69) is 6.92 Å².